The number of carbonyl (C=O) groups excluding carboxylic acids is 1. The van der Waals surface area contributed by atoms with Crippen molar-refractivity contribution in [3.8, 4) is 0 Å². The number of aryl methyl sites for hydroxylation is 4. The second-order valence-corrected chi connectivity index (χ2v) is 7.46. The van der Waals surface area contributed by atoms with Gasteiger partial charge in [0.2, 0.25) is 0 Å². The Bertz CT molecular complexity index is 679. The summed E-state index contributed by atoms with van der Waals surface area (Å²) in [6.45, 7) is 6.26. The van der Waals surface area contributed by atoms with Crippen LogP contribution in [0.1, 0.15) is 58.4 Å². The number of thiazole rings is 1. The van der Waals surface area contributed by atoms with Crippen LogP contribution in [0, 0.1) is 13.8 Å². The number of amides is 2. The minimum Gasteiger partial charge on any atom is -0.361 e. The first-order valence-corrected chi connectivity index (χ1v) is 9.31. The van der Waals surface area contributed by atoms with Crippen molar-refractivity contribution in [3.63, 3.8) is 0 Å². The third-order valence-corrected chi connectivity index (χ3v) is 5.60. The molecule has 6 nitrogen and oxygen atoms in total. The summed E-state index contributed by atoms with van der Waals surface area (Å²) in [6, 6.07) is -0.313. The summed E-state index contributed by atoms with van der Waals surface area (Å²) in [5.41, 5.74) is 3.03. The van der Waals surface area contributed by atoms with Crippen LogP contribution in [0.5, 0.6) is 0 Å². The average Bonchev–Trinajstić information content (AvgIpc) is 3.09. The number of nitrogens with one attached hydrogen (secondary N) is 2. The number of rotatable bonds is 5. The van der Waals surface area contributed by atoms with E-state index in [0.717, 1.165) is 41.3 Å². The molecule has 0 spiro atoms. The predicted octanol–water partition coefficient (Wildman–Crippen LogP) is 3.23. The van der Waals surface area contributed by atoms with Gasteiger partial charge in [0.25, 0.3) is 0 Å². The smallest absolute Gasteiger partial charge is 0.315 e. The van der Waals surface area contributed by atoms with E-state index in [4.69, 9.17) is 9.51 Å². The van der Waals surface area contributed by atoms with Gasteiger partial charge in [-0.15, -0.1) is 11.3 Å². The Balaban J connectivity index is 1.46. The highest BCUT2D eigenvalue weighted by atomic mass is 32.1. The van der Waals surface area contributed by atoms with Crippen molar-refractivity contribution in [1.82, 2.24) is 20.8 Å². The summed E-state index contributed by atoms with van der Waals surface area (Å²) in [5, 5.41) is 10.9. The molecule has 0 bridgehead atoms. The molecule has 0 aromatic carbocycles. The standard InChI is InChI=1S/C17H24N4O2S/c1-10(16-11(2)21-23-12(16)3)19-17(22)18-9-8-15-20-13-6-4-5-7-14(13)24-15/h10H,4-9H2,1-3H3,(H2,18,19,22)/t10-/m1/s1. The van der Waals surface area contributed by atoms with Crippen molar-refractivity contribution < 1.29 is 9.32 Å². The van der Waals surface area contributed by atoms with Gasteiger partial charge >= 0.3 is 6.03 Å². The zero-order valence-corrected chi connectivity index (χ0v) is 15.3. The van der Waals surface area contributed by atoms with Gasteiger partial charge in [-0.1, -0.05) is 5.16 Å². The molecule has 0 unspecified atom stereocenters. The highest BCUT2D eigenvalue weighted by molar-refractivity contribution is 7.11. The molecular weight excluding hydrogens is 324 g/mol. The van der Waals surface area contributed by atoms with Crippen molar-refractivity contribution in [3.05, 3.63) is 32.6 Å². The molecule has 0 fully saturated rings. The molecule has 2 aromatic heterocycles. The summed E-state index contributed by atoms with van der Waals surface area (Å²) >= 11 is 1.80. The molecule has 7 heteroatoms. The van der Waals surface area contributed by atoms with Crippen LogP contribution in [0.4, 0.5) is 4.79 Å². The second kappa shape index (κ2) is 7.34. The predicted molar refractivity (Wildman–Crippen MR) is 93.4 cm³/mol. The van der Waals surface area contributed by atoms with Gasteiger partial charge in [-0.2, -0.15) is 0 Å². The first-order valence-electron chi connectivity index (χ1n) is 8.49. The first kappa shape index (κ1) is 17.0. The molecule has 0 aliphatic heterocycles. The quantitative estimate of drug-likeness (QED) is 0.869. The molecule has 0 saturated heterocycles. The summed E-state index contributed by atoms with van der Waals surface area (Å²) in [5.74, 6) is 0.744. The molecular formula is C17H24N4O2S. The number of fused-ring (bicyclic) bond motifs is 1. The lowest BCUT2D eigenvalue weighted by Crippen LogP contribution is -2.38. The number of hydrogen-bond acceptors (Lipinski definition) is 5. The van der Waals surface area contributed by atoms with Gasteiger partial charge in [0.15, 0.2) is 0 Å². The molecule has 3 rings (SSSR count). The third kappa shape index (κ3) is 3.77. The van der Waals surface area contributed by atoms with Crippen LogP contribution >= 0.6 is 11.3 Å². The van der Waals surface area contributed by atoms with Gasteiger partial charge < -0.3 is 15.2 Å². The first-order chi connectivity index (χ1) is 11.5. The lowest BCUT2D eigenvalue weighted by Gasteiger charge is -2.14. The molecule has 2 aromatic rings. The van der Waals surface area contributed by atoms with E-state index in [1.165, 1.54) is 23.4 Å². The van der Waals surface area contributed by atoms with E-state index in [1.807, 2.05) is 20.8 Å². The fourth-order valence-electron chi connectivity index (χ4n) is 3.22. The van der Waals surface area contributed by atoms with Crippen LogP contribution in [-0.2, 0) is 19.3 Å². The van der Waals surface area contributed by atoms with Crippen molar-refractivity contribution in [2.24, 2.45) is 0 Å². The Kier molecular flexibility index (Phi) is 5.18. The van der Waals surface area contributed by atoms with Crippen molar-refractivity contribution in [2.45, 2.75) is 58.9 Å². The minimum absolute atomic E-state index is 0.136. The molecule has 130 valence electrons. The Morgan fingerprint density at radius 1 is 1.33 bits per heavy atom. The fourth-order valence-corrected chi connectivity index (χ4v) is 4.38. The van der Waals surface area contributed by atoms with E-state index < -0.39 is 0 Å². The van der Waals surface area contributed by atoms with E-state index in [1.54, 1.807) is 11.3 Å². The van der Waals surface area contributed by atoms with Crippen LogP contribution in [-0.4, -0.2) is 22.7 Å². The van der Waals surface area contributed by atoms with Crippen LogP contribution in [0.3, 0.4) is 0 Å². The van der Waals surface area contributed by atoms with E-state index in [2.05, 4.69) is 15.8 Å². The zero-order chi connectivity index (χ0) is 17.1. The molecule has 2 N–H and O–H groups in total. The van der Waals surface area contributed by atoms with Gasteiger partial charge in [-0.25, -0.2) is 9.78 Å². The summed E-state index contributed by atoms with van der Waals surface area (Å²) in [4.78, 5) is 18.2. The van der Waals surface area contributed by atoms with E-state index in [9.17, 15) is 4.79 Å². The molecule has 1 aliphatic carbocycles. The number of nitrogens with zero attached hydrogens (tertiary/aromatic N) is 2. The topological polar surface area (TPSA) is 80.0 Å². The monoisotopic (exact) mass is 348 g/mol. The summed E-state index contributed by atoms with van der Waals surface area (Å²) < 4.78 is 5.15. The summed E-state index contributed by atoms with van der Waals surface area (Å²) in [7, 11) is 0. The Hall–Kier alpha value is -1.89. The normalized spacial score (nSPS) is 15.0. The van der Waals surface area contributed by atoms with Gasteiger partial charge in [0, 0.05) is 23.4 Å². The summed E-state index contributed by atoms with van der Waals surface area (Å²) in [6.07, 6.45) is 5.57. The highest BCUT2D eigenvalue weighted by Crippen LogP contribution is 2.26. The van der Waals surface area contributed by atoms with Gasteiger partial charge in [-0.3, -0.25) is 0 Å². The minimum atomic E-state index is -0.177. The van der Waals surface area contributed by atoms with E-state index in [0.29, 0.717) is 6.54 Å². The largest absolute Gasteiger partial charge is 0.361 e. The molecule has 2 heterocycles. The third-order valence-electron chi connectivity index (χ3n) is 4.38. The maximum absolute atomic E-state index is 12.1. The Morgan fingerprint density at radius 3 is 2.83 bits per heavy atom. The molecule has 2 amide bonds. The van der Waals surface area contributed by atoms with Crippen LogP contribution in [0.15, 0.2) is 4.52 Å². The van der Waals surface area contributed by atoms with Gasteiger partial charge in [0.05, 0.1) is 22.4 Å². The Morgan fingerprint density at radius 2 is 2.12 bits per heavy atom. The van der Waals surface area contributed by atoms with Gasteiger partial charge in [-0.05, 0) is 46.5 Å². The molecule has 1 atom stereocenters. The number of urea groups is 1. The lowest BCUT2D eigenvalue weighted by atomic mass is 10.0. The van der Waals surface area contributed by atoms with Crippen LogP contribution in [0.25, 0.3) is 0 Å². The SMILES string of the molecule is Cc1noc(C)c1[C@@H](C)NC(=O)NCCc1nc2c(s1)CCCC2. The molecule has 0 saturated carbocycles. The van der Waals surface area contributed by atoms with E-state index >= 15 is 0 Å². The maximum atomic E-state index is 12.1. The van der Waals surface area contributed by atoms with Crippen LogP contribution < -0.4 is 10.6 Å². The second-order valence-electron chi connectivity index (χ2n) is 6.29. The lowest BCUT2D eigenvalue weighted by molar-refractivity contribution is 0.238. The number of hydrogen-bond donors (Lipinski definition) is 2. The number of carbonyl (C=O) groups is 1. The molecule has 0 radical (unpaired) electrons. The zero-order valence-electron chi connectivity index (χ0n) is 14.4. The number of aromatic nitrogens is 2. The average molecular weight is 348 g/mol. The van der Waals surface area contributed by atoms with Crippen molar-refractivity contribution in [1.29, 1.82) is 0 Å². The van der Waals surface area contributed by atoms with E-state index in [-0.39, 0.29) is 12.1 Å². The Labute approximate surface area is 146 Å². The van der Waals surface area contributed by atoms with Gasteiger partial charge in [0.1, 0.15) is 5.76 Å². The highest BCUT2D eigenvalue weighted by Gasteiger charge is 2.18. The fraction of sp³-hybridized carbons (Fsp3) is 0.588. The maximum Gasteiger partial charge on any atom is 0.315 e. The van der Waals surface area contributed by atoms with Crippen molar-refractivity contribution in [2.75, 3.05) is 6.54 Å². The van der Waals surface area contributed by atoms with Crippen LogP contribution in [0.2, 0.25) is 0 Å². The molecule has 1 aliphatic rings. The van der Waals surface area contributed by atoms with Crippen molar-refractivity contribution >= 4 is 17.4 Å². The molecule has 24 heavy (non-hydrogen) atoms.